The zero-order valence-corrected chi connectivity index (χ0v) is 13.1. The van der Waals surface area contributed by atoms with Gasteiger partial charge in [0.2, 0.25) is 0 Å². The summed E-state index contributed by atoms with van der Waals surface area (Å²) in [4.78, 5) is 2.67. The van der Waals surface area contributed by atoms with E-state index in [0.29, 0.717) is 6.04 Å². The molecule has 1 aliphatic heterocycles. The van der Waals surface area contributed by atoms with Gasteiger partial charge in [0.15, 0.2) is 0 Å². The standard InChI is InChI=1S/C18H30N2/c1-3-13-19-18-11-14-20(15-12-18)16(2)9-10-17-7-5-4-6-8-17/h4-8,16,18-19H,3,9-15H2,1-2H3. The van der Waals surface area contributed by atoms with E-state index in [1.54, 1.807) is 0 Å². The summed E-state index contributed by atoms with van der Waals surface area (Å²) >= 11 is 0. The van der Waals surface area contributed by atoms with Crippen LogP contribution in [0.3, 0.4) is 0 Å². The molecule has 1 aromatic rings. The van der Waals surface area contributed by atoms with Crippen LogP contribution in [0.1, 0.15) is 45.1 Å². The first-order chi connectivity index (χ1) is 9.79. The summed E-state index contributed by atoms with van der Waals surface area (Å²) in [7, 11) is 0. The Morgan fingerprint density at radius 1 is 1.20 bits per heavy atom. The summed E-state index contributed by atoms with van der Waals surface area (Å²) in [5.74, 6) is 0. The van der Waals surface area contributed by atoms with Crippen molar-refractivity contribution in [3.8, 4) is 0 Å². The molecule has 0 saturated carbocycles. The molecule has 1 heterocycles. The quantitative estimate of drug-likeness (QED) is 0.819. The highest BCUT2D eigenvalue weighted by atomic mass is 15.2. The van der Waals surface area contributed by atoms with Gasteiger partial charge in [0.1, 0.15) is 0 Å². The monoisotopic (exact) mass is 274 g/mol. The van der Waals surface area contributed by atoms with Crippen LogP contribution in [-0.4, -0.2) is 36.6 Å². The van der Waals surface area contributed by atoms with Gasteiger partial charge in [-0.2, -0.15) is 0 Å². The third kappa shape index (κ3) is 4.92. The van der Waals surface area contributed by atoms with Crippen LogP contribution in [0.5, 0.6) is 0 Å². The molecule has 20 heavy (non-hydrogen) atoms. The van der Waals surface area contributed by atoms with E-state index in [2.05, 4.69) is 54.4 Å². The van der Waals surface area contributed by atoms with Crippen LogP contribution in [0, 0.1) is 0 Å². The van der Waals surface area contributed by atoms with E-state index in [-0.39, 0.29) is 0 Å². The maximum atomic E-state index is 3.66. The smallest absolute Gasteiger partial charge is 0.00914 e. The van der Waals surface area contributed by atoms with Crippen LogP contribution in [0.4, 0.5) is 0 Å². The normalized spacial score (nSPS) is 19.1. The van der Waals surface area contributed by atoms with Crippen LogP contribution in [0.15, 0.2) is 30.3 Å². The van der Waals surface area contributed by atoms with Gasteiger partial charge in [0.25, 0.3) is 0 Å². The fourth-order valence-electron chi connectivity index (χ4n) is 3.10. The summed E-state index contributed by atoms with van der Waals surface area (Å²) in [6.07, 6.45) is 6.35. The van der Waals surface area contributed by atoms with Crippen LogP contribution < -0.4 is 5.32 Å². The molecule has 2 heteroatoms. The fraction of sp³-hybridized carbons (Fsp3) is 0.667. The number of likely N-dealkylation sites (tertiary alicyclic amines) is 1. The Kier molecular flexibility index (Phi) is 6.55. The van der Waals surface area contributed by atoms with Gasteiger partial charge >= 0.3 is 0 Å². The van der Waals surface area contributed by atoms with E-state index in [0.717, 1.165) is 6.04 Å². The number of rotatable bonds is 7. The minimum absolute atomic E-state index is 0.710. The van der Waals surface area contributed by atoms with Crippen molar-refractivity contribution in [3.05, 3.63) is 35.9 Å². The van der Waals surface area contributed by atoms with Gasteiger partial charge in [0, 0.05) is 12.1 Å². The lowest BCUT2D eigenvalue weighted by Crippen LogP contribution is -2.46. The van der Waals surface area contributed by atoms with Gasteiger partial charge < -0.3 is 10.2 Å². The molecule has 2 nitrogen and oxygen atoms in total. The SMILES string of the molecule is CCCNC1CCN(C(C)CCc2ccccc2)CC1. The first-order valence-electron chi connectivity index (χ1n) is 8.31. The van der Waals surface area contributed by atoms with Crippen LogP contribution >= 0.6 is 0 Å². The van der Waals surface area contributed by atoms with Crippen molar-refractivity contribution in [3.63, 3.8) is 0 Å². The zero-order valence-electron chi connectivity index (χ0n) is 13.1. The average molecular weight is 274 g/mol. The lowest BCUT2D eigenvalue weighted by Gasteiger charge is -2.36. The Bertz CT molecular complexity index is 355. The van der Waals surface area contributed by atoms with Crippen molar-refractivity contribution in [2.24, 2.45) is 0 Å². The molecule has 1 N–H and O–H groups in total. The Morgan fingerprint density at radius 3 is 2.55 bits per heavy atom. The topological polar surface area (TPSA) is 15.3 Å². The third-order valence-electron chi connectivity index (χ3n) is 4.53. The molecule has 2 rings (SSSR count). The molecule has 0 amide bonds. The maximum Gasteiger partial charge on any atom is 0.00914 e. The highest BCUT2D eigenvalue weighted by Gasteiger charge is 2.21. The summed E-state index contributed by atoms with van der Waals surface area (Å²) in [5.41, 5.74) is 1.47. The van der Waals surface area contributed by atoms with E-state index in [1.165, 1.54) is 57.3 Å². The van der Waals surface area contributed by atoms with Gasteiger partial charge in [-0.05, 0) is 64.2 Å². The van der Waals surface area contributed by atoms with Gasteiger partial charge in [-0.3, -0.25) is 0 Å². The largest absolute Gasteiger partial charge is 0.314 e. The number of benzene rings is 1. The molecule has 0 aliphatic carbocycles. The van der Waals surface area contributed by atoms with E-state index in [1.807, 2.05) is 0 Å². The number of piperidine rings is 1. The van der Waals surface area contributed by atoms with Crippen LogP contribution in [0.25, 0.3) is 0 Å². The van der Waals surface area contributed by atoms with Crippen LogP contribution in [0.2, 0.25) is 0 Å². The molecule has 0 spiro atoms. The van der Waals surface area contributed by atoms with E-state index in [4.69, 9.17) is 0 Å². The number of hydrogen-bond donors (Lipinski definition) is 1. The zero-order chi connectivity index (χ0) is 14.2. The van der Waals surface area contributed by atoms with Crippen molar-refractivity contribution in [2.45, 2.75) is 58.0 Å². The van der Waals surface area contributed by atoms with Gasteiger partial charge in [-0.15, -0.1) is 0 Å². The second kappa shape index (κ2) is 8.43. The molecule has 1 aromatic carbocycles. The molecule has 1 unspecified atom stereocenters. The minimum Gasteiger partial charge on any atom is -0.314 e. The summed E-state index contributed by atoms with van der Waals surface area (Å²) in [5, 5.41) is 3.66. The van der Waals surface area contributed by atoms with E-state index in [9.17, 15) is 0 Å². The molecule has 1 fully saturated rings. The molecule has 0 bridgehead atoms. The second-order valence-electron chi connectivity index (χ2n) is 6.14. The van der Waals surface area contributed by atoms with Crippen molar-refractivity contribution >= 4 is 0 Å². The lowest BCUT2D eigenvalue weighted by molar-refractivity contribution is 0.146. The summed E-state index contributed by atoms with van der Waals surface area (Å²) in [6, 6.07) is 12.3. The Hall–Kier alpha value is -0.860. The summed E-state index contributed by atoms with van der Waals surface area (Å²) < 4.78 is 0. The number of hydrogen-bond acceptors (Lipinski definition) is 2. The Labute approximate surface area is 124 Å². The van der Waals surface area contributed by atoms with E-state index < -0.39 is 0 Å². The van der Waals surface area contributed by atoms with Crippen molar-refractivity contribution in [1.29, 1.82) is 0 Å². The van der Waals surface area contributed by atoms with Gasteiger partial charge in [-0.1, -0.05) is 37.3 Å². The Morgan fingerprint density at radius 2 is 1.90 bits per heavy atom. The third-order valence-corrected chi connectivity index (χ3v) is 4.53. The molecule has 1 aliphatic rings. The number of aryl methyl sites for hydroxylation is 1. The first-order valence-corrected chi connectivity index (χ1v) is 8.31. The van der Waals surface area contributed by atoms with Crippen molar-refractivity contribution in [2.75, 3.05) is 19.6 Å². The number of nitrogens with one attached hydrogen (secondary N) is 1. The highest BCUT2D eigenvalue weighted by Crippen LogP contribution is 2.16. The fourth-order valence-corrected chi connectivity index (χ4v) is 3.10. The van der Waals surface area contributed by atoms with Crippen molar-refractivity contribution in [1.82, 2.24) is 10.2 Å². The maximum absolute atomic E-state index is 3.66. The predicted molar refractivity (Wildman–Crippen MR) is 87.1 cm³/mol. The van der Waals surface area contributed by atoms with Crippen molar-refractivity contribution < 1.29 is 0 Å². The second-order valence-corrected chi connectivity index (χ2v) is 6.14. The van der Waals surface area contributed by atoms with Gasteiger partial charge in [-0.25, -0.2) is 0 Å². The molecule has 0 aromatic heterocycles. The predicted octanol–water partition coefficient (Wildman–Crippen LogP) is 3.47. The van der Waals surface area contributed by atoms with Gasteiger partial charge in [0.05, 0.1) is 0 Å². The molecule has 112 valence electrons. The molecular formula is C18H30N2. The average Bonchev–Trinajstić information content (AvgIpc) is 2.52. The first kappa shape index (κ1) is 15.5. The lowest BCUT2D eigenvalue weighted by atomic mass is 10.00. The highest BCUT2D eigenvalue weighted by molar-refractivity contribution is 5.14. The molecule has 1 saturated heterocycles. The molecule has 1 atom stereocenters. The molecule has 0 radical (unpaired) electrons. The van der Waals surface area contributed by atoms with Crippen LogP contribution in [-0.2, 0) is 6.42 Å². The minimum atomic E-state index is 0.710. The number of nitrogens with zero attached hydrogens (tertiary/aromatic N) is 1. The van der Waals surface area contributed by atoms with E-state index >= 15 is 0 Å². The summed E-state index contributed by atoms with van der Waals surface area (Å²) in [6.45, 7) is 8.33. The molecular weight excluding hydrogens is 244 g/mol. The Balaban J connectivity index is 1.68.